The van der Waals surface area contributed by atoms with E-state index in [4.69, 9.17) is 14.2 Å². The lowest BCUT2D eigenvalue weighted by molar-refractivity contribution is -0.128. The number of nitrogens with zero attached hydrogens (tertiary/aromatic N) is 1. The molecular formula is C18H26N2O5. The highest BCUT2D eigenvalue weighted by Crippen LogP contribution is 2.40. The number of carbonyl (C=O) groups is 2. The Bertz CT molecular complexity index is 607. The standard InChI is InChI=1S/C18H26N2O5/c1-5-6-7-20-11-12(8-16(20)21)18(22)19-13-9-14(23-2)17(25-4)15(10-13)24-3/h9-10,12H,5-8,11H2,1-4H3,(H,19,22)/t12-/m0/s1. The molecule has 0 saturated carbocycles. The lowest BCUT2D eigenvalue weighted by Gasteiger charge is -2.17. The quantitative estimate of drug-likeness (QED) is 0.778. The van der Waals surface area contributed by atoms with Crippen molar-refractivity contribution in [2.45, 2.75) is 26.2 Å². The molecule has 7 heteroatoms. The van der Waals surface area contributed by atoms with Crippen LogP contribution in [0.15, 0.2) is 12.1 Å². The fraction of sp³-hybridized carbons (Fsp3) is 0.556. The van der Waals surface area contributed by atoms with E-state index in [-0.39, 0.29) is 24.2 Å². The molecule has 1 heterocycles. The number of ether oxygens (including phenoxy) is 3. The van der Waals surface area contributed by atoms with Crippen molar-refractivity contribution in [1.29, 1.82) is 0 Å². The summed E-state index contributed by atoms with van der Waals surface area (Å²) in [6, 6.07) is 3.34. The van der Waals surface area contributed by atoms with Crippen molar-refractivity contribution in [3.8, 4) is 17.2 Å². The number of likely N-dealkylation sites (tertiary alicyclic amines) is 1. The number of rotatable bonds is 8. The average molecular weight is 350 g/mol. The smallest absolute Gasteiger partial charge is 0.229 e. The van der Waals surface area contributed by atoms with Crippen LogP contribution in [0.2, 0.25) is 0 Å². The van der Waals surface area contributed by atoms with Crippen molar-refractivity contribution in [3.05, 3.63) is 12.1 Å². The van der Waals surface area contributed by atoms with Gasteiger partial charge in [-0.25, -0.2) is 0 Å². The zero-order chi connectivity index (χ0) is 18.4. The van der Waals surface area contributed by atoms with Gasteiger partial charge in [0.05, 0.1) is 27.2 Å². The van der Waals surface area contributed by atoms with Gasteiger partial charge < -0.3 is 24.4 Å². The third kappa shape index (κ3) is 4.35. The summed E-state index contributed by atoms with van der Waals surface area (Å²) in [6.45, 7) is 3.26. The minimum Gasteiger partial charge on any atom is -0.493 e. The average Bonchev–Trinajstić information content (AvgIpc) is 2.99. The number of amides is 2. The first-order chi connectivity index (χ1) is 12.0. The second-order valence-electron chi connectivity index (χ2n) is 6.00. The Morgan fingerprint density at radius 1 is 1.20 bits per heavy atom. The molecule has 1 fully saturated rings. The van der Waals surface area contributed by atoms with Crippen molar-refractivity contribution in [2.24, 2.45) is 5.92 Å². The van der Waals surface area contributed by atoms with Crippen LogP contribution in [0, 0.1) is 5.92 Å². The molecule has 1 atom stereocenters. The van der Waals surface area contributed by atoms with Gasteiger partial charge in [0, 0.05) is 37.3 Å². The predicted molar refractivity (Wildman–Crippen MR) is 94.3 cm³/mol. The van der Waals surface area contributed by atoms with Crippen LogP contribution in [-0.2, 0) is 9.59 Å². The highest BCUT2D eigenvalue weighted by atomic mass is 16.5. The molecule has 25 heavy (non-hydrogen) atoms. The summed E-state index contributed by atoms with van der Waals surface area (Å²) in [6.07, 6.45) is 2.22. The third-order valence-electron chi connectivity index (χ3n) is 4.30. The van der Waals surface area contributed by atoms with E-state index < -0.39 is 0 Å². The molecule has 1 saturated heterocycles. The summed E-state index contributed by atoms with van der Waals surface area (Å²) in [5.74, 6) is 0.904. The minimum atomic E-state index is -0.344. The maximum atomic E-state index is 12.5. The van der Waals surface area contributed by atoms with Crippen molar-refractivity contribution in [2.75, 3.05) is 39.7 Å². The van der Waals surface area contributed by atoms with Crippen LogP contribution >= 0.6 is 0 Å². The Kier molecular flexibility index (Phi) is 6.50. The van der Waals surface area contributed by atoms with Gasteiger partial charge in [-0.05, 0) is 6.42 Å². The lowest BCUT2D eigenvalue weighted by atomic mass is 10.1. The number of hydrogen-bond acceptors (Lipinski definition) is 5. The minimum absolute atomic E-state index is 0.0403. The number of carbonyl (C=O) groups excluding carboxylic acids is 2. The van der Waals surface area contributed by atoms with E-state index in [0.29, 0.717) is 36.0 Å². The van der Waals surface area contributed by atoms with Crippen LogP contribution < -0.4 is 19.5 Å². The third-order valence-corrected chi connectivity index (χ3v) is 4.30. The zero-order valence-electron chi connectivity index (χ0n) is 15.3. The van der Waals surface area contributed by atoms with Gasteiger partial charge >= 0.3 is 0 Å². The molecule has 0 radical (unpaired) electrons. The van der Waals surface area contributed by atoms with Crippen LogP contribution in [0.4, 0.5) is 5.69 Å². The molecule has 0 aromatic heterocycles. The van der Waals surface area contributed by atoms with Crippen LogP contribution in [0.3, 0.4) is 0 Å². The van der Waals surface area contributed by atoms with Crippen molar-refractivity contribution < 1.29 is 23.8 Å². The Balaban J connectivity index is 2.09. The summed E-state index contributed by atoms with van der Waals surface area (Å²) in [5.41, 5.74) is 0.541. The fourth-order valence-corrected chi connectivity index (χ4v) is 2.91. The van der Waals surface area contributed by atoms with Crippen LogP contribution in [0.1, 0.15) is 26.2 Å². The molecule has 0 unspecified atom stereocenters. The summed E-state index contributed by atoms with van der Waals surface area (Å²) in [4.78, 5) is 26.3. The van der Waals surface area contributed by atoms with Crippen LogP contribution in [0.25, 0.3) is 0 Å². The molecule has 1 aromatic carbocycles. The maximum Gasteiger partial charge on any atom is 0.229 e. The van der Waals surface area contributed by atoms with E-state index in [9.17, 15) is 9.59 Å². The Hall–Kier alpha value is -2.44. The summed E-state index contributed by atoms with van der Waals surface area (Å²) in [5, 5.41) is 2.85. The molecule has 1 aromatic rings. The SMILES string of the molecule is CCCCN1C[C@@H](C(=O)Nc2cc(OC)c(OC)c(OC)c2)CC1=O. The van der Waals surface area contributed by atoms with Gasteiger partial charge in [-0.2, -0.15) is 0 Å². The fourth-order valence-electron chi connectivity index (χ4n) is 2.91. The summed E-state index contributed by atoms with van der Waals surface area (Å²) < 4.78 is 15.8. The predicted octanol–water partition coefficient (Wildman–Crippen LogP) is 2.30. The van der Waals surface area contributed by atoms with Crippen molar-refractivity contribution >= 4 is 17.5 Å². The molecule has 1 aliphatic rings. The van der Waals surface area contributed by atoms with Gasteiger partial charge in [0.2, 0.25) is 17.6 Å². The molecule has 1 aliphatic heterocycles. The molecule has 138 valence electrons. The number of methoxy groups -OCH3 is 3. The lowest BCUT2D eigenvalue weighted by Crippen LogP contribution is -2.29. The molecule has 0 aliphatic carbocycles. The Morgan fingerprint density at radius 3 is 2.36 bits per heavy atom. The first-order valence-electron chi connectivity index (χ1n) is 8.42. The van der Waals surface area contributed by atoms with E-state index >= 15 is 0 Å². The summed E-state index contributed by atoms with van der Waals surface area (Å²) in [7, 11) is 4.56. The van der Waals surface area contributed by atoms with Gasteiger partial charge in [-0.15, -0.1) is 0 Å². The van der Waals surface area contributed by atoms with E-state index in [1.165, 1.54) is 21.3 Å². The molecule has 2 rings (SSSR count). The van der Waals surface area contributed by atoms with Crippen molar-refractivity contribution in [3.63, 3.8) is 0 Å². The normalized spacial score (nSPS) is 16.7. The topological polar surface area (TPSA) is 77.1 Å². The number of hydrogen-bond donors (Lipinski definition) is 1. The molecule has 1 N–H and O–H groups in total. The van der Waals surface area contributed by atoms with Gasteiger partial charge in [0.15, 0.2) is 11.5 Å². The highest BCUT2D eigenvalue weighted by molar-refractivity contribution is 5.97. The second-order valence-corrected chi connectivity index (χ2v) is 6.00. The van der Waals surface area contributed by atoms with Gasteiger partial charge in [0.25, 0.3) is 0 Å². The van der Waals surface area contributed by atoms with Gasteiger partial charge in [-0.3, -0.25) is 9.59 Å². The first kappa shape index (κ1) is 18.9. The molecule has 2 amide bonds. The van der Waals surface area contributed by atoms with Crippen LogP contribution in [0.5, 0.6) is 17.2 Å². The number of nitrogens with one attached hydrogen (secondary N) is 1. The maximum absolute atomic E-state index is 12.5. The van der Waals surface area contributed by atoms with E-state index in [2.05, 4.69) is 12.2 Å². The number of benzene rings is 1. The molecule has 7 nitrogen and oxygen atoms in total. The zero-order valence-corrected chi connectivity index (χ0v) is 15.3. The molecule has 0 spiro atoms. The monoisotopic (exact) mass is 350 g/mol. The van der Waals surface area contributed by atoms with E-state index in [1.54, 1.807) is 17.0 Å². The van der Waals surface area contributed by atoms with Crippen molar-refractivity contribution in [1.82, 2.24) is 4.90 Å². The largest absolute Gasteiger partial charge is 0.493 e. The Morgan fingerprint density at radius 2 is 1.84 bits per heavy atom. The van der Waals surface area contributed by atoms with Crippen LogP contribution in [-0.4, -0.2) is 51.1 Å². The highest BCUT2D eigenvalue weighted by Gasteiger charge is 2.34. The first-order valence-corrected chi connectivity index (χ1v) is 8.42. The second kappa shape index (κ2) is 8.60. The molecular weight excluding hydrogens is 324 g/mol. The van der Waals surface area contributed by atoms with Gasteiger partial charge in [0.1, 0.15) is 0 Å². The van der Waals surface area contributed by atoms with E-state index in [1.807, 2.05) is 0 Å². The number of anilines is 1. The molecule has 0 bridgehead atoms. The van der Waals surface area contributed by atoms with E-state index in [0.717, 1.165) is 12.8 Å². The Labute approximate surface area is 148 Å². The van der Waals surface area contributed by atoms with Gasteiger partial charge in [-0.1, -0.05) is 13.3 Å². The number of unbranched alkanes of at least 4 members (excludes halogenated alkanes) is 1. The summed E-state index contributed by atoms with van der Waals surface area (Å²) >= 11 is 0.